The van der Waals surface area contributed by atoms with Crippen LogP contribution < -0.4 is 0 Å². The van der Waals surface area contributed by atoms with Gasteiger partial charge in [-0.1, -0.05) is 0 Å². The third kappa shape index (κ3) is 3.64. The van der Waals surface area contributed by atoms with E-state index in [1.807, 2.05) is 4.90 Å². The van der Waals surface area contributed by atoms with E-state index in [2.05, 4.69) is 13.8 Å². The normalized spacial score (nSPS) is 46.5. The van der Waals surface area contributed by atoms with Crippen molar-refractivity contribution in [2.24, 2.45) is 11.3 Å². The van der Waals surface area contributed by atoms with Gasteiger partial charge in [0.15, 0.2) is 0 Å². The van der Waals surface area contributed by atoms with Gasteiger partial charge < -0.3 is 25.2 Å². The Morgan fingerprint density at radius 2 is 1.75 bits per heavy atom. The first-order chi connectivity index (χ1) is 11.3. The van der Waals surface area contributed by atoms with Crippen LogP contribution in [0.4, 0.5) is 0 Å². The molecule has 1 spiro atoms. The van der Waals surface area contributed by atoms with Crippen LogP contribution >= 0.6 is 0 Å². The van der Waals surface area contributed by atoms with Gasteiger partial charge in [0.05, 0.1) is 31.0 Å². The fraction of sp³-hybridized carbons (Fsp3) is 1.00. The van der Waals surface area contributed by atoms with Crippen LogP contribution in [0.15, 0.2) is 0 Å². The zero-order valence-electron chi connectivity index (χ0n) is 14.9. The minimum atomic E-state index is -1.18. The Balaban J connectivity index is 1.56. The Labute approximate surface area is 144 Å². The van der Waals surface area contributed by atoms with Crippen LogP contribution in [-0.4, -0.2) is 81.6 Å². The SMILES string of the molecule is CC1(C)CC2(CCC(CN3C[C@H](O)[C@@H](O)[C@H](O)[C@H]3CO)CC2)CO1. The zero-order chi connectivity index (χ0) is 17.5. The van der Waals surface area contributed by atoms with Crippen molar-refractivity contribution in [2.45, 2.75) is 75.9 Å². The van der Waals surface area contributed by atoms with Crippen molar-refractivity contribution in [1.82, 2.24) is 4.90 Å². The van der Waals surface area contributed by atoms with Crippen molar-refractivity contribution in [1.29, 1.82) is 0 Å². The van der Waals surface area contributed by atoms with Gasteiger partial charge in [0, 0.05) is 13.1 Å². The zero-order valence-corrected chi connectivity index (χ0v) is 14.9. The number of aliphatic hydroxyl groups is 4. The van der Waals surface area contributed by atoms with Gasteiger partial charge >= 0.3 is 0 Å². The third-order valence-electron chi connectivity index (χ3n) is 6.44. The lowest BCUT2D eigenvalue weighted by Crippen LogP contribution is -2.63. The summed E-state index contributed by atoms with van der Waals surface area (Å²) < 4.78 is 5.96. The van der Waals surface area contributed by atoms with Crippen molar-refractivity contribution in [2.75, 3.05) is 26.3 Å². The second-order valence-corrected chi connectivity index (χ2v) is 8.92. The summed E-state index contributed by atoms with van der Waals surface area (Å²) in [4.78, 5) is 1.96. The highest BCUT2D eigenvalue weighted by Crippen LogP contribution is 2.50. The van der Waals surface area contributed by atoms with Crippen LogP contribution in [0.2, 0.25) is 0 Å². The second kappa shape index (κ2) is 6.82. The van der Waals surface area contributed by atoms with Crippen molar-refractivity contribution in [3.8, 4) is 0 Å². The first-order valence-electron chi connectivity index (χ1n) is 9.28. The number of piperidine rings is 1. The summed E-state index contributed by atoms with van der Waals surface area (Å²) in [5.41, 5.74) is 0.319. The Bertz CT molecular complexity index is 435. The molecule has 2 aliphatic heterocycles. The molecule has 0 aromatic rings. The van der Waals surface area contributed by atoms with Crippen molar-refractivity contribution in [3.63, 3.8) is 0 Å². The van der Waals surface area contributed by atoms with Crippen LogP contribution in [0.5, 0.6) is 0 Å². The monoisotopic (exact) mass is 343 g/mol. The number of hydrogen-bond donors (Lipinski definition) is 4. The Hall–Kier alpha value is -0.240. The Morgan fingerprint density at radius 3 is 2.29 bits per heavy atom. The molecule has 0 bridgehead atoms. The number of likely N-dealkylation sites (tertiary alicyclic amines) is 1. The summed E-state index contributed by atoms with van der Waals surface area (Å²) in [6, 6.07) is -0.493. The molecule has 3 aliphatic rings. The van der Waals surface area contributed by atoms with E-state index in [1.165, 1.54) is 0 Å². The molecule has 0 radical (unpaired) electrons. The van der Waals surface area contributed by atoms with Gasteiger partial charge in [0.1, 0.15) is 12.2 Å². The smallest absolute Gasteiger partial charge is 0.109 e. The molecule has 2 saturated heterocycles. The molecule has 3 rings (SSSR count). The molecule has 3 fully saturated rings. The van der Waals surface area contributed by atoms with Crippen molar-refractivity contribution >= 4 is 0 Å². The molecule has 6 nitrogen and oxygen atoms in total. The standard InChI is InChI=1S/C18H33NO5/c1-17(2)10-18(11-24-17)5-3-12(4-6-18)7-19-8-14(21)16(23)15(22)13(19)9-20/h12-16,20-23H,3-11H2,1-2H3/t12?,13-,14+,15-,16-,18?/m1/s1. The predicted octanol–water partition coefficient (Wildman–Crippen LogP) is 0.121. The predicted molar refractivity (Wildman–Crippen MR) is 89.5 cm³/mol. The minimum absolute atomic E-state index is 0.00789. The van der Waals surface area contributed by atoms with Crippen molar-refractivity contribution < 1.29 is 25.2 Å². The van der Waals surface area contributed by atoms with E-state index in [0.29, 0.717) is 17.9 Å². The molecular weight excluding hydrogens is 310 g/mol. The van der Waals surface area contributed by atoms with E-state index in [1.54, 1.807) is 0 Å². The number of β-amino-alcohol motifs (C(OH)–C–C–N with tert-alkyl or cyclic N) is 1. The maximum atomic E-state index is 10.1. The highest BCUT2D eigenvalue weighted by atomic mass is 16.5. The number of rotatable bonds is 3. The summed E-state index contributed by atoms with van der Waals surface area (Å²) in [5, 5.41) is 39.4. The fourth-order valence-corrected chi connectivity index (χ4v) is 5.07. The van der Waals surface area contributed by atoms with Gasteiger partial charge in [0.2, 0.25) is 0 Å². The molecule has 4 N–H and O–H groups in total. The van der Waals surface area contributed by atoms with Crippen molar-refractivity contribution in [3.05, 3.63) is 0 Å². The molecular formula is C18H33NO5. The molecule has 140 valence electrons. The number of ether oxygens (including phenoxy) is 1. The van der Waals surface area contributed by atoms with E-state index in [9.17, 15) is 20.4 Å². The molecule has 0 amide bonds. The molecule has 4 atom stereocenters. The van der Waals surface area contributed by atoms with E-state index >= 15 is 0 Å². The van der Waals surface area contributed by atoms with Crippen LogP contribution in [0.3, 0.4) is 0 Å². The summed E-state index contributed by atoms with van der Waals surface area (Å²) in [5.74, 6) is 0.503. The van der Waals surface area contributed by atoms with E-state index in [-0.39, 0.29) is 12.2 Å². The van der Waals surface area contributed by atoms with Gasteiger partial charge in [0.25, 0.3) is 0 Å². The number of hydrogen-bond acceptors (Lipinski definition) is 6. The fourth-order valence-electron chi connectivity index (χ4n) is 5.07. The van der Waals surface area contributed by atoms with E-state index < -0.39 is 24.4 Å². The molecule has 1 saturated carbocycles. The lowest BCUT2D eigenvalue weighted by molar-refractivity contribution is -0.148. The van der Waals surface area contributed by atoms with Crippen LogP contribution in [0.1, 0.15) is 46.0 Å². The molecule has 0 unspecified atom stereocenters. The molecule has 0 aromatic heterocycles. The van der Waals surface area contributed by atoms with Gasteiger partial charge in [-0.2, -0.15) is 0 Å². The minimum Gasteiger partial charge on any atom is -0.395 e. The van der Waals surface area contributed by atoms with Crippen LogP contribution in [0.25, 0.3) is 0 Å². The maximum Gasteiger partial charge on any atom is 0.109 e. The molecule has 6 heteroatoms. The first-order valence-corrected chi connectivity index (χ1v) is 9.28. The first kappa shape index (κ1) is 18.5. The third-order valence-corrected chi connectivity index (χ3v) is 6.44. The number of nitrogens with zero attached hydrogens (tertiary/aromatic N) is 1. The van der Waals surface area contributed by atoms with Crippen LogP contribution in [0, 0.1) is 11.3 Å². The molecule has 24 heavy (non-hydrogen) atoms. The largest absolute Gasteiger partial charge is 0.395 e. The highest BCUT2D eigenvalue weighted by Gasteiger charge is 2.47. The van der Waals surface area contributed by atoms with E-state index in [4.69, 9.17) is 4.74 Å². The number of aliphatic hydroxyl groups excluding tert-OH is 4. The Morgan fingerprint density at radius 1 is 1.08 bits per heavy atom. The Kier molecular flexibility index (Phi) is 5.27. The lowest BCUT2D eigenvalue weighted by Gasteiger charge is -2.45. The lowest BCUT2D eigenvalue weighted by atomic mass is 9.68. The molecule has 0 aromatic carbocycles. The van der Waals surface area contributed by atoms with E-state index in [0.717, 1.165) is 45.3 Å². The van der Waals surface area contributed by atoms with Gasteiger partial charge in [-0.15, -0.1) is 0 Å². The van der Waals surface area contributed by atoms with Gasteiger partial charge in [-0.05, 0) is 57.3 Å². The quantitative estimate of drug-likeness (QED) is 0.582. The van der Waals surface area contributed by atoms with Crippen LogP contribution in [-0.2, 0) is 4.74 Å². The second-order valence-electron chi connectivity index (χ2n) is 8.92. The molecule has 1 aliphatic carbocycles. The highest BCUT2D eigenvalue weighted by molar-refractivity contribution is 4.98. The summed E-state index contributed by atoms with van der Waals surface area (Å²) in [6.45, 7) is 6.06. The topological polar surface area (TPSA) is 93.4 Å². The maximum absolute atomic E-state index is 10.1. The van der Waals surface area contributed by atoms with Gasteiger partial charge in [-0.3, -0.25) is 4.90 Å². The average molecular weight is 343 g/mol. The summed E-state index contributed by atoms with van der Waals surface area (Å²) in [7, 11) is 0. The van der Waals surface area contributed by atoms with Gasteiger partial charge in [-0.25, -0.2) is 0 Å². The summed E-state index contributed by atoms with van der Waals surface area (Å²) in [6.07, 6.45) is 2.44. The average Bonchev–Trinajstić information content (AvgIpc) is 2.83. The summed E-state index contributed by atoms with van der Waals surface area (Å²) >= 11 is 0. The molecule has 2 heterocycles.